The summed E-state index contributed by atoms with van der Waals surface area (Å²) in [4.78, 5) is 0. The number of hydrogen-bond donors (Lipinski definition) is 2. The monoisotopic (exact) mass is 258 g/mol. The minimum absolute atomic E-state index is 0.174. The maximum Gasteiger partial charge on any atom is 0.0723 e. The van der Waals surface area contributed by atoms with E-state index in [4.69, 9.17) is 5.11 Å². The van der Waals surface area contributed by atoms with Crippen molar-refractivity contribution < 1.29 is 10.2 Å². The van der Waals surface area contributed by atoms with Crippen molar-refractivity contribution in [3.05, 3.63) is 36.5 Å². The van der Waals surface area contributed by atoms with Crippen molar-refractivity contribution in [3.8, 4) is 23.7 Å². The molecule has 2 nitrogen and oxygen atoms in total. The van der Waals surface area contributed by atoms with Crippen molar-refractivity contribution in [2.75, 3.05) is 6.61 Å². The second-order valence-corrected chi connectivity index (χ2v) is 3.88. The lowest BCUT2D eigenvalue weighted by Gasteiger charge is -1.99. The first-order valence-corrected chi connectivity index (χ1v) is 6.58. The van der Waals surface area contributed by atoms with E-state index in [-0.39, 0.29) is 12.7 Å². The smallest absolute Gasteiger partial charge is 0.0723 e. The molecule has 0 aliphatic rings. The Kier molecular flexibility index (Phi) is 13.0. The Labute approximate surface area is 116 Å². The van der Waals surface area contributed by atoms with Crippen LogP contribution < -0.4 is 0 Å². The molecular formula is C17H22O2. The maximum atomic E-state index is 9.42. The van der Waals surface area contributed by atoms with Crippen LogP contribution in [0, 0.1) is 23.7 Å². The first kappa shape index (κ1) is 17.3. The summed E-state index contributed by atoms with van der Waals surface area (Å²) < 4.78 is 0. The summed E-state index contributed by atoms with van der Waals surface area (Å²) in [6.07, 6.45) is 13.6. The van der Waals surface area contributed by atoms with E-state index in [0.29, 0.717) is 12.8 Å². The molecule has 1 atom stereocenters. The van der Waals surface area contributed by atoms with E-state index in [1.54, 1.807) is 12.2 Å². The predicted octanol–water partition coefficient (Wildman–Crippen LogP) is 2.60. The van der Waals surface area contributed by atoms with Crippen molar-refractivity contribution in [2.24, 2.45) is 0 Å². The summed E-state index contributed by atoms with van der Waals surface area (Å²) in [5, 5.41) is 17.9. The molecule has 0 rings (SSSR count). The molecule has 0 aromatic rings. The van der Waals surface area contributed by atoms with E-state index >= 15 is 0 Å². The fourth-order valence-corrected chi connectivity index (χ4v) is 1.17. The average molecular weight is 258 g/mol. The van der Waals surface area contributed by atoms with Crippen molar-refractivity contribution in [3.63, 3.8) is 0 Å². The fraction of sp³-hybridized carbons (Fsp3) is 0.412. The van der Waals surface area contributed by atoms with Gasteiger partial charge in [0.2, 0.25) is 0 Å². The van der Waals surface area contributed by atoms with E-state index in [1.165, 1.54) is 0 Å². The number of aliphatic hydroxyl groups is 2. The van der Waals surface area contributed by atoms with E-state index in [2.05, 4.69) is 23.7 Å². The Balaban J connectivity index is 3.83. The van der Waals surface area contributed by atoms with Gasteiger partial charge < -0.3 is 10.2 Å². The summed E-state index contributed by atoms with van der Waals surface area (Å²) in [5.74, 6) is 11.0. The summed E-state index contributed by atoms with van der Waals surface area (Å²) in [7, 11) is 0. The van der Waals surface area contributed by atoms with Gasteiger partial charge in [-0.1, -0.05) is 55.6 Å². The van der Waals surface area contributed by atoms with Crippen molar-refractivity contribution >= 4 is 0 Å². The Morgan fingerprint density at radius 1 is 1.11 bits per heavy atom. The van der Waals surface area contributed by atoms with Gasteiger partial charge in [-0.3, -0.25) is 0 Å². The van der Waals surface area contributed by atoms with Crippen LogP contribution in [0.2, 0.25) is 0 Å². The van der Waals surface area contributed by atoms with Gasteiger partial charge in [0.15, 0.2) is 0 Å². The topological polar surface area (TPSA) is 40.5 Å². The third-order valence-electron chi connectivity index (χ3n) is 2.11. The Morgan fingerprint density at radius 3 is 2.63 bits per heavy atom. The van der Waals surface area contributed by atoms with Gasteiger partial charge in [0.25, 0.3) is 0 Å². The molecular weight excluding hydrogens is 236 g/mol. The van der Waals surface area contributed by atoms with Gasteiger partial charge in [0.1, 0.15) is 0 Å². The standard InChI is InChI=1S/C17H22O2/c1-2-14-17(19)15-12-10-8-6-4-3-5-7-9-11-13-16-18/h4,6,8,10,12,15,17-19H,2,11,13-14,16H2,1H3/b6-4-,10-8+,15-12+. The molecule has 0 aliphatic heterocycles. The predicted molar refractivity (Wildman–Crippen MR) is 80.2 cm³/mol. The molecule has 0 amide bonds. The molecule has 2 heteroatoms. The highest BCUT2D eigenvalue weighted by Gasteiger charge is 1.92. The van der Waals surface area contributed by atoms with Crippen LogP contribution in [-0.2, 0) is 0 Å². The van der Waals surface area contributed by atoms with Gasteiger partial charge in [0.05, 0.1) is 6.10 Å². The van der Waals surface area contributed by atoms with Crippen LogP contribution in [0.3, 0.4) is 0 Å². The van der Waals surface area contributed by atoms with E-state index in [9.17, 15) is 5.11 Å². The lowest BCUT2D eigenvalue weighted by molar-refractivity contribution is 0.211. The van der Waals surface area contributed by atoms with Gasteiger partial charge >= 0.3 is 0 Å². The highest BCUT2D eigenvalue weighted by Crippen LogP contribution is 1.97. The molecule has 0 spiro atoms. The van der Waals surface area contributed by atoms with Crippen LogP contribution in [0.1, 0.15) is 32.6 Å². The molecule has 0 bridgehead atoms. The second kappa shape index (κ2) is 14.3. The molecule has 19 heavy (non-hydrogen) atoms. The third-order valence-corrected chi connectivity index (χ3v) is 2.11. The SMILES string of the molecule is CCCC(O)/C=C/C=C/C=C\C#CC#CCCCO. The molecule has 1 unspecified atom stereocenters. The van der Waals surface area contributed by atoms with Crippen molar-refractivity contribution in [2.45, 2.75) is 38.7 Å². The quantitative estimate of drug-likeness (QED) is 0.418. The fourth-order valence-electron chi connectivity index (χ4n) is 1.17. The lowest BCUT2D eigenvalue weighted by Crippen LogP contribution is -1.99. The molecule has 0 aliphatic carbocycles. The molecule has 102 valence electrons. The normalized spacial score (nSPS) is 12.4. The van der Waals surface area contributed by atoms with Crippen LogP contribution in [0.25, 0.3) is 0 Å². The number of allylic oxidation sites excluding steroid dienone is 5. The highest BCUT2D eigenvalue weighted by atomic mass is 16.3. The van der Waals surface area contributed by atoms with Gasteiger partial charge in [0, 0.05) is 13.0 Å². The van der Waals surface area contributed by atoms with Crippen molar-refractivity contribution in [1.82, 2.24) is 0 Å². The summed E-state index contributed by atoms with van der Waals surface area (Å²) >= 11 is 0. The van der Waals surface area contributed by atoms with E-state index in [1.807, 2.05) is 31.2 Å². The van der Waals surface area contributed by atoms with E-state index in [0.717, 1.165) is 12.8 Å². The molecule has 0 saturated heterocycles. The number of aliphatic hydroxyl groups excluding tert-OH is 2. The highest BCUT2D eigenvalue weighted by molar-refractivity contribution is 5.32. The second-order valence-electron chi connectivity index (χ2n) is 3.88. The summed E-state index contributed by atoms with van der Waals surface area (Å²) in [5.41, 5.74) is 0. The van der Waals surface area contributed by atoms with Crippen LogP contribution in [0.4, 0.5) is 0 Å². The van der Waals surface area contributed by atoms with Crippen LogP contribution in [-0.4, -0.2) is 22.9 Å². The van der Waals surface area contributed by atoms with E-state index < -0.39 is 0 Å². The molecule has 0 aromatic carbocycles. The summed E-state index contributed by atoms with van der Waals surface area (Å²) in [6.45, 7) is 2.22. The van der Waals surface area contributed by atoms with Crippen LogP contribution >= 0.6 is 0 Å². The molecule has 0 fully saturated rings. The summed E-state index contributed by atoms with van der Waals surface area (Å²) in [6, 6.07) is 0. The molecule has 0 heterocycles. The van der Waals surface area contributed by atoms with Crippen molar-refractivity contribution in [1.29, 1.82) is 0 Å². The third kappa shape index (κ3) is 14.2. The molecule has 0 radical (unpaired) electrons. The van der Waals surface area contributed by atoms with Gasteiger partial charge in [-0.25, -0.2) is 0 Å². The Morgan fingerprint density at radius 2 is 1.89 bits per heavy atom. The Hall–Kier alpha value is -1.74. The zero-order chi connectivity index (χ0) is 14.2. The molecule has 2 N–H and O–H groups in total. The average Bonchev–Trinajstić information content (AvgIpc) is 2.40. The minimum Gasteiger partial charge on any atom is -0.396 e. The number of unbranched alkanes of at least 4 members (excludes halogenated alkanes) is 1. The van der Waals surface area contributed by atoms with Gasteiger partial charge in [-0.05, 0) is 30.8 Å². The largest absolute Gasteiger partial charge is 0.396 e. The Bertz CT molecular complexity index is 408. The first-order valence-electron chi connectivity index (χ1n) is 6.58. The van der Waals surface area contributed by atoms with Crippen LogP contribution in [0.15, 0.2) is 36.5 Å². The molecule has 0 saturated carbocycles. The lowest BCUT2D eigenvalue weighted by atomic mass is 10.2. The molecule has 0 aromatic heterocycles. The first-order chi connectivity index (χ1) is 9.31. The van der Waals surface area contributed by atoms with Crippen LogP contribution in [0.5, 0.6) is 0 Å². The zero-order valence-corrected chi connectivity index (χ0v) is 11.5. The zero-order valence-electron chi connectivity index (χ0n) is 11.5. The number of rotatable bonds is 7. The van der Waals surface area contributed by atoms with Gasteiger partial charge in [-0.2, -0.15) is 0 Å². The minimum atomic E-state index is -0.354. The van der Waals surface area contributed by atoms with Gasteiger partial charge in [-0.15, -0.1) is 0 Å². The number of hydrogen-bond acceptors (Lipinski definition) is 2. The maximum absolute atomic E-state index is 9.42.